The number of aryl methyl sites for hydroxylation is 1. The maximum atomic E-state index is 13.9. The highest BCUT2D eigenvalue weighted by molar-refractivity contribution is 6.24. The van der Waals surface area contributed by atoms with Crippen LogP contribution in [0, 0.1) is 28.9 Å². The predicted octanol–water partition coefficient (Wildman–Crippen LogP) is 3.45. The van der Waals surface area contributed by atoms with Gasteiger partial charge in [0, 0.05) is 17.5 Å². The summed E-state index contributed by atoms with van der Waals surface area (Å²) in [5.74, 6) is -2.60. The first kappa shape index (κ1) is 19.8. The van der Waals surface area contributed by atoms with Crippen molar-refractivity contribution in [1.29, 1.82) is 0 Å². The lowest BCUT2D eigenvalue weighted by molar-refractivity contribution is -0.385. The molecule has 1 heterocycles. The third kappa shape index (κ3) is 2.27. The number of hydrogen-bond acceptors (Lipinski definition) is 5. The van der Waals surface area contributed by atoms with Gasteiger partial charge in [-0.15, -0.1) is 0 Å². The number of nitrogens with zero attached hydrogens (tertiary/aromatic N) is 2. The zero-order valence-corrected chi connectivity index (χ0v) is 17.8. The normalized spacial score (nSPS) is 26.7. The molecule has 0 radical (unpaired) electrons. The van der Waals surface area contributed by atoms with E-state index in [1.807, 2.05) is 48.5 Å². The summed E-state index contributed by atoms with van der Waals surface area (Å²) in [5, 5.41) is 22.3. The van der Waals surface area contributed by atoms with E-state index in [0.717, 1.165) is 27.2 Å². The van der Waals surface area contributed by atoms with Crippen LogP contribution in [0.2, 0.25) is 0 Å². The molecule has 2 unspecified atom stereocenters. The molecule has 3 aromatic carbocycles. The van der Waals surface area contributed by atoms with Gasteiger partial charge < -0.3 is 5.11 Å². The lowest BCUT2D eigenvalue weighted by atomic mass is 9.47. The Morgan fingerprint density at radius 1 is 0.970 bits per heavy atom. The predicted molar refractivity (Wildman–Crippen MR) is 120 cm³/mol. The fourth-order valence-corrected chi connectivity index (χ4v) is 6.39. The van der Waals surface area contributed by atoms with E-state index in [0.29, 0.717) is 5.56 Å². The van der Waals surface area contributed by atoms with Crippen molar-refractivity contribution in [3.8, 4) is 0 Å². The zero-order chi connectivity index (χ0) is 23.1. The zero-order valence-electron chi connectivity index (χ0n) is 17.8. The molecule has 3 aliphatic carbocycles. The van der Waals surface area contributed by atoms with Crippen molar-refractivity contribution in [2.24, 2.45) is 11.8 Å². The molecular formula is C26H20N2O5. The molecule has 2 amide bonds. The Morgan fingerprint density at radius 3 is 2.15 bits per heavy atom. The Bertz CT molecular complexity index is 1330. The number of aliphatic hydroxyl groups excluding tert-OH is 1. The van der Waals surface area contributed by atoms with Crippen molar-refractivity contribution < 1.29 is 19.6 Å². The molecule has 0 saturated carbocycles. The van der Waals surface area contributed by atoms with Gasteiger partial charge in [0.1, 0.15) is 0 Å². The van der Waals surface area contributed by atoms with E-state index in [1.165, 1.54) is 6.07 Å². The summed E-state index contributed by atoms with van der Waals surface area (Å²) in [6.45, 7) is 1.29. The number of aliphatic hydroxyl groups is 1. The summed E-state index contributed by atoms with van der Waals surface area (Å²) < 4.78 is 0. The van der Waals surface area contributed by atoms with Gasteiger partial charge in [0.25, 0.3) is 5.69 Å². The monoisotopic (exact) mass is 440 g/mol. The van der Waals surface area contributed by atoms with Crippen LogP contribution in [0.15, 0.2) is 66.7 Å². The fourth-order valence-electron chi connectivity index (χ4n) is 6.39. The number of nitro groups is 1. The molecule has 1 N–H and O–H groups in total. The smallest absolute Gasteiger partial charge is 0.274 e. The maximum Gasteiger partial charge on any atom is 0.274 e. The summed E-state index contributed by atoms with van der Waals surface area (Å²) in [4.78, 5) is 39.8. The highest BCUT2D eigenvalue weighted by Crippen LogP contribution is 2.64. The minimum absolute atomic E-state index is 0.144. The van der Waals surface area contributed by atoms with Gasteiger partial charge >= 0.3 is 0 Å². The second-order valence-corrected chi connectivity index (χ2v) is 9.02. The summed E-state index contributed by atoms with van der Waals surface area (Å²) in [5.41, 5.74) is 3.09. The Hall–Kier alpha value is -3.84. The van der Waals surface area contributed by atoms with Crippen molar-refractivity contribution in [2.45, 2.75) is 18.3 Å². The van der Waals surface area contributed by atoms with Gasteiger partial charge in [0.05, 0.1) is 34.5 Å². The molecule has 0 aromatic heterocycles. The van der Waals surface area contributed by atoms with Crippen molar-refractivity contribution >= 4 is 23.2 Å². The summed E-state index contributed by atoms with van der Waals surface area (Å²) in [7, 11) is 0. The van der Waals surface area contributed by atoms with Gasteiger partial charge in [0.2, 0.25) is 11.8 Å². The largest absolute Gasteiger partial charge is 0.395 e. The standard InChI is InChI=1S/C26H20N2O5/c1-14-10-11-15(12-20(14)28(32)33)27-24(30)22-21-16-6-2-4-8-18(16)26(13-29,23(22)25(27)31)19-9-5-3-7-17(19)21/h2-12,21-23,29H,13H2,1H3. The third-order valence-corrected chi connectivity index (χ3v) is 7.69. The van der Waals surface area contributed by atoms with Gasteiger partial charge in [-0.1, -0.05) is 54.6 Å². The average Bonchev–Trinajstić information content (AvgIpc) is 3.10. The highest BCUT2D eigenvalue weighted by atomic mass is 16.6. The van der Waals surface area contributed by atoms with E-state index >= 15 is 0 Å². The first-order valence-corrected chi connectivity index (χ1v) is 10.8. The Balaban J connectivity index is 1.60. The molecule has 1 fully saturated rings. The molecule has 7 heteroatoms. The number of rotatable bonds is 3. The SMILES string of the molecule is Cc1ccc(N2C(=O)C3C4c5ccccc5C(CO)(c5ccccc54)C3C2=O)cc1[N+](=O)[O-]. The van der Waals surface area contributed by atoms with Crippen molar-refractivity contribution in [3.63, 3.8) is 0 Å². The summed E-state index contributed by atoms with van der Waals surface area (Å²) in [6, 6.07) is 19.8. The molecule has 2 bridgehead atoms. The van der Waals surface area contributed by atoms with E-state index in [2.05, 4.69) is 0 Å². The van der Waals surface area contributed by atoms with Crippen LogP contribution in [-0.2, 0) is 15.0 Å². The highest BCUT2D eigenvalue weighted by Gasteiger charge is 2.68. The number of imide groups is 1. The number of carbonyl (C=O) groups excluding carboxylic acids is 2. The first-order valence-electron chi connectivity index (χ1n) is 10.8. The Kier molecular flexibility index (Phi) is 3.95. The van der Waals surface area contributed by atoms with E-state index < -0.39 is 28.1 Å². The summed E-state index contributed by atoms with van der Waals surface area (Å²) >= 11 is 0. The van der Waals surface area contributed by atoms with Crippen molar-refractivity contribution in [3.05, 3.63) is 105 Å². The van der Waals surface area contributed by atoms with Gasteiger partial charge in [-0.05, 0) is 35.2 Å². The quantitative estimate of drug-likeness (QED) is 0.382. The Labute approximate surface area is 189 Å². The number of benzene rings is 3. The summed E-state index contributed by atoms with van der Waals surface area (Å²) in [6.07, 6.45) is 0. The van der Waals surface area contributed by atoms with Crippen LogP contribution in [0.1, 0.15) is 33.7 Å². The van der Waals surface area contributed by atoms with Gasteiger partial charge in [-0.3, -0.25) is 19.7 Å². The molecule has 7 rings (SSSR count). The van der Waals surface area contributed by atoms with Crippen LogP contribution in [0.3, 0.4) is 0 Å². The van der Waals surface area contributed by atoms with Gasteiger partial charge in [-0.2, -0.15) is 0 Å². The van der Waals surface area contributed by atoms with E-state index in [9.17, 15) is 24.8 Å². The Morgan fingerprint density at radius 2 is 1.58 bits per heavy atom. The number of anilines is 1. The van der Waals surface area contributed by atoms with Crippen LogP contribution >= 0.6 is 0 Å². The number of carbonyl (C=O) groups is 2. The molecule has 3 aromatic rings. The minimum Gasteiger partial charge on any atom is -0.395 e. The molecule has 7 nitrogen and oxygen atoms in total. The minimum atomic E-state index is -1.05. The van der Waals surface area contributed by atoms with Crippen LogP contribution < -0.4 is 4.90 Å². The average molecular weight is 440 g/mol. The topological polar surface area (TPSA) is 101 Å². The van der Waals surface area contributed by atoms with Gasteiger partial charge in [0.15, 0.2) is 0 Å². The molecule has 33 heavy (non-hydrogen) atoms. The van der Waals surface area contributed by atoms with Crippen molar-refractivity contribution in [2.75, 3.05) is 11.5 Å². The molecule has 2 atom stereocenters. The molecular weight excluding hydrogens is 420 g/mol. The van der Waals surface area contributed by atoms with Gasteiger partial charge in [-0.25, -0.2) is 4.90 Å². The maximum absolute atomic E-state index is 13.9. The van der Waals surface area contributed by atoms with E-state index in [1.54, 1.807) is 19.1 Å². The second-order valence-electron chi connectivity index (χ2n) is 9.02. The third-order valence-electron chi connectivity index (χ3n) is 7.69. The van der Waals surface area contributed by atoms with E-state index in [-0.39, 0.29) is 29.8 Å². The molecule has 1 saturated heterocycles. The molecule has 164 valence electrons. The van der Waals surface area contributed by atoms with Crippen LogP contribution in [0.5, 0.6) is 0 Å². The van der Waals surface area contributed by atoms with Crippen molar-refractivity contribution in [1.82, 2.24) is 0 Å². The van der Waals surface area contributed by atoms with Crippen LogP contribution in [0.25, 0.3) is 0 Å². The number of hydrogen-bond donors (Lipinski definition) is 1. The first-order chi connectivity index (χ1) is 15.9. The fraction of sp³-hybridized carbons (Fsp3) is 0.231. The lowest BCUT2D eigenvalue weighted by Crippen LogP contribution is -2.55. The van der Waals surface area contributed by atoms with E-state index in [4.69, 9.17) is 0 Å². The number of nitro benzene ring substituents is 1. The molecule has 1 aliphatic heterocycles. The second kappa shape index (κ2) is 6.59. The molecule has 4 aliphatic rings. The number of amides is 2. The van der Waals surface area contributed by atoms with Crippen LogP contribution in [0.4, 0.5) is 11.4 Å². The van der Waals surface area contributed by atoms with Crippen LogP contribution in [-0.4, -0.2) is 28.5 Å². The lowest BCUT2D eigenvalue weighted by Gasteiger charge is -2.53. The molecule has 0 spiro atoms.